The van der Waals surface area contributed by atoms with Crippen molar-refractivity contribution >= 4 is 73.3 Å². The zero-order chi connectivity index (χ0) is 53.4. The first-order valence-corrected chi connectivity index (χ1v) is 28.2. The van der Waals surface area contributed by atoms with Crippen LogP contribution in [0.3, 0.4) is 0 Å². The molecule has 0 spiro atoms. The van der Waals surface area contributed by atoms with Gasteiger partial charge in [-0.05, 0) is 161 Å². The van der Waals surface area contributed by atoms with Gasteiger partial charge in [-0.1, -0.05) is 67.1 Å². The summed E-state index contributed by atoms with van der Waals surface area (Å²) < 4.78 is 20.0. The van der Waals surface area contributed by atoms with Crippen molar-refractivity contribution in [3.05, 3.63) is 125 Å². The number of hydrogen-bond acceptors (Lipinski definition) is 14. The Morgan fingerprint density at radius 1 is 0.831 bits per heavy atom. The van der Waals surface area contributed by atoms with Crippen LogP contribution in [0.15, 0.2) is 95.4 Å². The number of pyridine rings is 1. The fraction of sp³-hybridized carbons (Fsp3) is 0.426. The Balaban J connectivity index is 0.683. The van der Waals surface area contributed by atoms with Gasteiger partial charge in [0.2, 0.25) is 11.8 Å². The molecule has 4 aliphatic rings. The van der Waals surface area contributed by atoms with E-state index < -0.39 is 11.6 Å². The molecule has 4 aromatic carbocycles. The van der Waals surface area contributed by atoms with Crippen LogP contribution < -0.4 is 25.2 Å². The molecule has 400 valence electrons. The number of piperazine rings is 1. The first-order chi connectivity index (χ1) is 37.2. The number of rotatable bonds is 14. The third-order valence-electron chi connectivity index (χ3n) is 15.8. The molecular formula is C61H68N8O7S. The number of benzene rings is 4. The number of anilines is 3. The maximum atomic E-state index is 14.1. The summed E-state index contributed by atoms with van der Waals surface area (Å²) in [4.78, 5) is 73.5. The summed E-state index contributed by atoms with van der Waals surface area (Å²) in [6.07, 6.45) is 8.37. The molecule has 16 heteroatoms. The maximum Gasteiger partial charge on any atom is 0.358 e. The molecule has 3 amide bonds. The van der Waals surface area contributed by atoms with Gasteiger partial charge in [0.25, 0.3) is 11.9 Å². The Kier molecular flexibility index (Phi) is 14.9. The van der Waals surface area contributed by atoms with E-state index in [0.29, 0.717) is 77.9 Å². The number of imide groups is 1. The minimum absolute atomic E-state index is 0.114. The topological polar surface area (TPSA) is 172 Å². The molecule has 15 nitrogen and oxygen atoms in total. The van der Waals surface area contributed by atoms with E-state index >= 15 is 0 Å². The van der Waals surface area contributed by atoms with Crippen molar-refractivity contribution in [3.63, 3.8) is 0 Å². The second-order valence-corrected chi connectivity index (χ2v) is 23.5. The van der Waals surface area contributed by atoms with Gasteiger partial charge in [-0.25, -0.2) is 14.8 Å². The second-order valence-electron chi connectivity index (χ2n) is 22.5. The summed E-state index contributed by atoms with van der Waals surface area (Å²) in [7, 11) is 0. The van der Waals surface area contributed by atoms with Gasteiger partial charge in [0, 0.05) is 63.4 Å². The number of carbonyl (C=O) groups is 4. The van der Waals surface area contributed by atoms with E-state index in [1.54, 1.807) is 0 Å². The highest BCUT2D eigenvalue weighted by molar-refractivity contribution is 7.22. The number of aromatic nitrogens is 3. The molecule has 11 rings (SSSR count). The predicted octanol–water partition coefficient (Wildman–Crippen LogP) is 11.3. The van der Waals surface area contributed by atoms with E-state index in [1.807, 2.05) is 106 Å². The number of nitrogens with zero attached hydrogens (tertiary/aromatic N) is 6. The summed E-state index contributed by atoms with van der Waals surface area (Å²) in [5, 5.41) is 6.06. The third-order valence-corrected chi connectivity index (χ3v) is 16.8. The molecular weight excluding hydrogens is 989 g/mol. The van der Waals surface area contributed by atoms with Crippen LogP contribution in [0.2, 0.25) is 0 Å². The van der Waals surface area contributed by atoms with Crippen LogP contribution in [0, 0.1) is 18.8 Å². The number of oxazole rings is 1. The third kappa shape index (κ3) is 11.7. The van der Waals surface area contributed by atoms with Gasteiger partial charge < -0.3 is 23.7 Å². The van der Waals surface area contributed by atoms with Crippen LogP contribution in [0.1, 0.15) is 128 Å². The molecule has 1 saturated carbocycles. The summed E-state index contributed by atoms with van der Waals surface area (Å²) in [6.45, 7) is 15.8. The number of carbonyl (C=O) groups excluding carboxylic acids is 4. The molecule has 3 aromatic heterocycles. The lowest BCUT2D eigenvalue weighted by molar-refractivity contribution is -0.134. The highest BCUT2D eigenvalue weighted by atomic mass is 32.1. The number of thiazole rings is 1. The molecule has 3 fully saturated rings. The Bertz CT molecular complexity index is 3310. The quantitative estimate of drug-likeness (QED) is 0.0779. The smallest absolute Gasteiger partial charge is 0.358 e. The molecule has 1 aliphatic carbocycles. The van der Waals surface area contributed by atoms with Gasteiger partial charge in [-0.2, -0.15) is 4.98 Å². The Morgan fingerprint density at radius 2 is 1.64 bits per heavy atom. The van der Waals surface area contributed by atoms with Crippen molar-refractivity contribution in [3.8, 4) is 16.9 Å². The summed E-state index contributed by atoms with van der Waals surface area (Å²) >= 11 is 1.45. The van der Waals surface area contributed by atoms with Gasteiger partial charge in [0.15, 0.2) is 16.4 Å². The van der Waals surface area contributed by atoms with Crippen LogP contribution in [0.5, 0.6) is 5.75 Å². The fourth-order valence-electron chi connectivity index (χ4n) is 11.6. The molecule has 7 aromatic rings. The van der Waals surface area contributed by atoms with Gasteiger partial charge in [-0.15, -0.1) is 0 Å². The SMILES string of the molecule is Cc1c(OC2CCC(CC[C@@H](C)CN3CCN(c4nc5cc(C6CCC(=O)NC6=O)ccc5o4)CC3)CC2)cccc1-c1ccc(N2CCc3cccc(C(=O)Nc4nc5ccccc5s4)c3C2)nc1C(=O)OC(C)(C)C. The molecule has 1 unspecified atom stereocenters. The number of piperidine rings is 1. The van der Waals surface area contributed by atoms with E-state index in [0.717, 1.165) is 108 Å². The standard InChI is InChI=1S/C61H68N8O7S/c1-37(35-67-30-32-68(33-31-67)60-63-49-34-41(20-25-51(49)75-60)44-24-27-54(70)65-56(44)71)16-17-39-18-21-42(22-19-39)74-50-14-9-11-43(38(50)2)45-23-26-53(64-55(45)58(73)76-61(3,4)5)69-29-28-40-10-8-12-46(47(40)36-69)57(72)66-59-62-48-13-6-7-15-52(48)77-59/h6-15,20,23,25-26,34,37,39,42,44H,16-19,21-22,24,27-33,35-36H2,1-5H3,(H,62,66,72)(H,65,70,71)/t37-,39?,42?,44?/m1/s1. The van der Waals surface area contributed by atoms with Crippen LogP contribution in [-0.2, 0) is 27.3 Å². The van der Waals surface area contributed by atoms with Gasteiger partial charge >= 0.3 is 5.97 Å². The second kappa shape index (κ2) is 22.1. The predicted molar refractivity (Wildman–Crippen MR) is 301 cm³/mol. The first-order valence-electron chi connectivity index (χ1n) is 27.4. The Morgan fingerprint density at radius 3 is 2.43 bits per heavy atom. The van der Waals surface area contributed by atoms with Crippen LogP contribution in [-0.4, -0.2) is 94.5 Å². The van der Waals surface area contributed by atoms with Gasteiger partial charge in [0.1, 0.15) is 22.7 Å². The molecule has 0 radical (unpaired) electrons. The molecule has 6 heterocycles. The van der Waals surface area contributed by atoms with Crippen molar-refractivity contribution in [1.29, 1.82) is 0 Å². The van der Waals surface area contributed by atoms with Crippen molar-refractivity contribution in [2.75, 3.05) is 54.4 Å². The van der Waals surface area contributed by atoms with Crippen molar-refractivity contribution < 1.29 is 33.1 Å². The van der Waals surface area contributed by atoms with E-state index in [9.17, 15) is 19.2 Å². The first kappa shape index (κ1) is 51.9. The number of nitrogens with one attached hydrogen (secondary N) is 2. The number of fused-ring (bicyclic) bond motifs is 3. The summed E-state index contributed by atoms with van der Waals surface area (Å²) in [5.74, 6) is 1.21. The molecule has 0 bridgehead atoms. The minimum atomic E-state index is -0.734. The monoisotopic (exact) mass is 1060 g/mol. The van der Waals surface area contributed by atoms with Crippen LogP contribution >= 0.6 is 11.3 Å². The molecule has 77 heavy (non-hydrogen) atoms. The van der Waals surface area contributed by atoms with Gasteiger partial charge in [-0.3, -0.25) is 29.9 Å². The normalized spacial score (nSPS) is 19.7. The van der Waals surface area contributed by atoms with E-state index in [-0.39, 0.29) is 35.4 Å². The number of esters is 1. The average molecular weight is 1060 g/mol. The van der Waals surface area contributed by atoms with E-state index in [4.69, 9.17) is 23.9 Å². The van der Waals surface area contributed by atoms with E-state index in [2.05, 4.69) is 50.2 Å². The number of ether oxygens (including phenoxy) is 2. The fourth-order valence-corrected chi connectivity index (χ4v) is 12.5. The van der Waals surface area contributed by atoms with Crippen molar-refractivity contribution in [2.24, 2.45) is 11.8 Å². The lowest BCUT2D eigenvalue weighted by Crippen LogP contribution is -2.47. The number of hydrogen-bond donors (Lipinski definition) is 2. The molecule has 2 N–H and O–H groups in total. The minimum Gasteiger partial charge on any atom is -0.490 e. The zero-order valence-electron chi connectivity index (χ0n) is 44.7. The molecule has 2 atom stereocenters. The number of amides is 3. The van der Waals surface area contributed by atoms with Crippen molar-refractivity contribution in [2.45, 2.75) is 117 Å². The zero-order valence-corrected chi connectivity index (χ0v) is 45.5. The van der Waals surface area contributed by atoms with E-state index in [1.165, 1.54) is 24.2 Å². The van der Waals surface area contributed by atoms with Crippen LogP contribution in [0.4, 0.5) is 17.0 Å². The lowest BCUT2D eigenvalue weighted by Gasteiger charge is -2.35. The van der Waals surface area contributed by atoms with Crippen LogP contribution in [0.25, 0.3) is 32.4 Å². The highest BCUT2D eigenvalue weighted by Crippen LogP contribution is 2.38. The average Bonchev–Trinajstić information content (AvgIpc) is 4.05. The Hall–Kier alpha value is -7.17. The van der Waals surface area contributed by atoms with Crippen molar-refractivity contribution in [1.82, 2.24) is 25.2 Å². The lowest BCUT2D eigenvalue weighted by atomic mass is 9.83. The Labute approximate surface area is 453 Å². The summed E-state index contributed by atoms with van der Waals surface area (Å²) in [6, 6.07) is 30.1. The molecule has 2 saturated heterocycles. The summed E-state index contributed by atoms with van der Waals surface area (Å²) in [5.41, 5.74) is 7.80. The number of para-hydroxylation sites is 1. The maximum absolute atomic E-state index is 14.1. The molecule has 3 aliphatic heterocycles. The highest BCUT2D eigenvalue weighted by Gasteiger charge is 2.32. The largest absolute Gasteiger partial charge is 0.490 e. The van der Waals surface area contributed by atoms with Gasteiger partial charge in [0.05, 0.1) is 22.2 Å².